The van der Waals surface area contributed by atoms with E-state index >= 15 is 0 Å². The van der Waals surface area contributed by atoms with E-state index in [4.69, 9.17) is 4.42 Å². The first kappa shape index (κ1) is 26.2. The fraction of sp³-hybridized carbons (Fsp3) is 0.333. The van der Waals surface area contributed by atoms with Crippen LogP contribution in [0, 0.1) is 0 Å². The summed E-state index contributed by atoms with van der Waals surface area (Å²) in [5, 5.41) is 3.15. The van der Waals surface area contributed by atoms with Crippen molar-refractivity contribution in [2.75, 3.05) is 13.1 Å². The number of nitrogens with zero attached hydrogens (tertiary/aromatic N) is 3. The van der Waals surface area contributed by atoms with Crippen molar-refractivity contribution in [1.82, 2.24) is 19.4 Å². The third kappa shape index (κ3) is 5.72. The van der Waals surface area contributed by atoms with E-state index in [1.165, 1.54) is 16.9 Å². The van der Waals surface area contributed by atoms with Gasteiger partial charge in [0.15, 0.2) is 0 Å². The Hall–Kier alpha value is -4.40. The monoisotopic (exact) mass is 528 g/mol. The molecule has 5 rings (SSSR count). The lowest BCUT2D eigenvalue weighted by atomic mass is 10.0. The summed E-state index contributed by atoms with van der Waals surface area (Å²) >= 11 is 0. The first-order valence-electron chi connectivity index (χ1n) is 13.3. The Bertz CT molecular complexity index is 1590. The fourth-order valence-electron chi connectivity index (χ4n) is 5.17. The molecule has 1 atom stereocenters. The van der Waals surface area contributed by atoms with E-state index in [1.807, 2.05) is 37.3 Å². The van der Waals surface area contributed by atoms with Crippen LogP contribution in [0.25, 0.3) is 10.9 Å². The number of hydrogen-bond acceptors (Lipinski definition) is 5. The van der Waals surface area contributed by atoms with Crippen molar-refractivity contribution in [2.24, 2.45) is 0 Å². The molecule has 2 aromatic carbocycles. The Morgan fingerprint density at radius 2 is 1.82 bits per heavy atom. The van der Waals surface area contributed by atoms with E-state index in [-0.39, 0.29) is 41.8 Å². The maximum Gasteiger partial charge on any atom is 0.332 e. The molecule has 1 N–H and O–H groups in total. The van der Waals surface area contributed by atoms with Crippen molar-refractivity contribution in [2.45, 2.75) is 51.7 Å². The van der Waals surface area contributed by atoms with E-state index in [1.54, 1.807) is 29.2 Å². The summed E-state index contributed by atoms with van der Waals surface area (Å²) in [5.41, 5.74) is 0.550. The van der Waals surface area contributed by atoms with E-state index in [9.17, 15) is 19.2 Å². The molecule has 1 unspecified atom stereocenters. The van der Waals surface area contributed by atoms with Crippen LogP contribution in [0.2, 0.25) is 0 Å². The fourth-order valence-corrected chi connectivity index (χ4v) is 5.17. The quantitative estimate of drug-likeness (QED) is 0.378. The lowest BCUT2D eigenvalue weighted by molar-refractivity contribution is -0.135. The van der Waals surface area contributed by atoms with Crippen LogP contribution in [0.1, 0.15) is 47.9 Å². The van der Waals surface area contributed by atoms with Crippen LogP contribution >= 0.6 is 0 Å². The second-order valence-electron chi connectivity index (χ2n) is 9.99. The van der Waals surface area contributed by atoms with Crippen molar-refractivity contribution in [3.63, 3.8) is 0 Å². The van der Waals surface area contributed by atoms with Gasteiger partial charge in [-0.1, -0.05) is 30.3 Å². The van der Waals surface area contributed by atoms with Gasteiger partial charge in [0.05, 0.1) is 23.7 Å². The molecule has 0 spiro atoms. The van der Waals surface area contributed by atoms with Crippen LogP contribution in [-0.4, -0.2) is 45.0 Å². The lowest BCUT2D eigenvalue weighted by Crippen LogP contribution is -2.47. The average Bonchev–Trinajstić information content (AvgIpc) is 3.47. The molecule has 1 aliphatic heterocycles. The number of furan rings is 1. The number of piperidine rings is 1. The highest BCUT2D eigenvalue weighted by molar-refractivity contribution is 5.98. The largest absolute Gasteiger partial charge is 0.467 e. The minimum absolute atomic E-state index is 0.0589. The summed E-state index contributed by atoms with van der Waals surface area (Å²) in [5.74, 6) is -0.0559. The van der Waals surface area contributed by atoms with Gasteiger partial charge in [-0.2, -0.15) is 0 Å². The first-order chi connectivity index (χ1) is 18.9. The summed E-state index contributed by atoms with van der Waals surface area (Å²) in [4.78, 5) is 55.2. The molecule has 0 bridgehead atoms. The molecular weight excluding hydrogens is 496 g/mol. The Balaban J connectivity index is 1.49. The minimum atomic E-state index is -0.622. The molecule has 2 amide bonds. The van der Waals surface area contributed by atoms with Crippen molar-refractivity contribution >= 4 is 22.7 Å². The lowest BCUT2D eigenvalue weighted by Gasteiger charge is -2.33. The number of hydrogen-bond donors (Lipinski definition) is 1. The van der Waals surface area contributed by atoms with Crippen LogP contribution in [0.5, 0.6) is 0 Å². The van der Waals surface area contributed by atoms with Gasteiger partial charge in [-0.25, -0.2) is 4.79 Å². The molecule has 0 saturated carbocycles. The zero-order valence-corrected chi connectivity index (χ0v) is 22.0. The number of fused-ring (bicyclic) bond motifs is 1. The maximum absolute atomic E-state index is 13.7. The topological polar surface area (TPSA) is 107 Å². The van der Waals surface area contributed by atoms with E-state index in [0.717, 1.165) is 29.4 Å². The number of carbonyl (C=O) groups excluding carboxylic acids is 2. The second-order valence-corrected chi connectivity index (χ2v) is 9.99. The van der Waals surface area contributed by atoms with Crippen molar-refractivity contribution < 1.29 is 14.0 Å². The summed E-state index contributed by atoms with van der Waals surface area (Å²) < 4.78 is 7.76. The molecule has 1 fully saturated rings. The van der Waals surface area contributed by atoms with Crippen LogP contribution in [0.3, 0.4) is 0 Å². The highest BCUT2D eigenvalue weighted by atomic mass is 16.3. The molecule has 9 heteroatoms. The smallest absolute Gasteiger partial charge is 0.332 e. The molecule has 0 aliphatic carbocycles. The number of nitrogens with one attached hydrogen (secondary N) is 1. The summed E-state index contributed by atoms with van der Waals surface area (Å²) in [6.45, 7) is 2.79. The van der Waals surface area contributed by atoms with E-state index in [0.29, 0.717) is 30.8 Å². The van der Waals surface area contributed by atoms with Crippen molar-refractivity contribution in [3.05, 3.63) is 105 Å². The number of likely N-dealkylation sites (tertiary alicyclic amines) is 1. The summed E-state index contributed by atoms with van der Waals surface area (Å²) in [7, 11) is 0. The van der Waals surface area contributed by atoms with Crippen LogP contribution in [-0.2, 0) is 24.3 Å². The number of amides is 2. The van der Waals surface area contributed by atoms with Crippen LogP contribution in [0.15, 0.2) is 80.9 Å². The molecule has 4 aromatic rings. The molecule has 3 heterocycles. The average molecular weight is 529 g/mol. The molecule has 9 nitrogen and oxygen atoms in total. The first-order valence-corrected chi connectivity index (χ1v) is 13.3. The molecule has 1 saturated heterocycles. The summed E-state index contributed by atoms with van der Waals surface area (Å²) in [6, 6.07) is 17.9. The number of benzene rings is 2. The zero-order valence-electron chi connectivity index (χ0n) is 22.0. The third-order valence-electron chi connectivity index (χ3n) is 7.34. The molecule has 1 aliphatic rings. The predicted molar refractivity (Wildman–Crippen MR) is 148 cm³/mol. The Kier molecular flexibility index (Phi) is 7.76. The Labute approximate surface area is 225 Å². The van der Waals surface area contributed by atoms with Crippen molar-refractivity contribution in [1.29, 1.82) is 0 Å². The number of aromatic nitrogens is 2. The van der Waals surface area contributed by atoms with Crippen LogP contribution < -0.4 is 16.6 Å². The highest BCUT2D eigenvalue weighted by Gasteiger charge is 2.25. The van der Waals surface area contributed by atoms with Crippen LogP contribution in [0.4, 0.5) is 0 Å². The second kappa shape index (κ2) is 11.6. The van der Waals surface area contributed by atoms with Gasteiger partial charge in [0.2, 0.25) is 5.91 Å². The van der Waals surface area contributed by atoms with Gasteiger partial charge in [-0.15, -0.1) is 0 Å². The van der Waals surface area contributed by atoms with Gasteiger partial charge in [0.1, 0.15) is 12.3 Å². The van der Waals surface area contributed by atoms with Gasteiger partial charge in [0, 0.05) is 24.7 Å². The van der Waals surface area contributed by atoms with Crippen molar-refractivity contribution in [3.8, 4) is 0 Å². The molecule has 39 heavy (non-hydrogen) atoms. The van der Waals surface area contributed by atoms with Gasteiger partial charge in [0.25, 0.3) is 11.5 Å². The van der Waals surface area contributed by atoms with Gasteiger partial charge >= 0.3 is 5.69 Å². The molecular formula is C30H32N4O5. The van der Waals surface area contributed by atoms with Gasteiger partial charge in [-0.3, -0.25) is 23.5 Å². The Morgan fingerprint density at radius 1 is 1.00 bits per heavy atom. The van der Waals surface area contributed by atoms with E-state index in [2.05, 4.69) is 5.32 Å². The minimum Gasteiger partial charge on any atom is -0.467 e. The maximum atomic E-state index is 13.7. The standard InChI is InChI=1S/C30H32N4O5/c1-21-8-5-6-16-32(21)27(35)20-33-26-18-23(28(36)31-15-14-22-9-3-2-4-10-22)12-13-25(26)29(37)34(30(33)38)19-24-11-7-17-39-24/h2-4,7,9-13,17-18,21H,5-6,8,14-16,19-20H2,1H3,(H,31,36). The Morgan fingerprint density at radius 3 is 2.56 bits per heavy atom. The number of carbonyl (C=O) groups is 2. The summed E-state index contributed by atoms with van der Waals surface area (Å²) in [6.07, 6.45) is 5.03. The third-order valence-corrected chi connectivity index (χ3v) is 7.34. The predicted octanol–water partition coefficient (Wildman–Crippen LogP) is 3.18. The molecule has 2 aromatic heterocycles. The highest BCUT2D eigenvalue weighted by Crippen LogP contribution is 2.18. The van der Waals surface area contributed by atoms with Gasteiger partial charge in [-0.05, 0) is 68.5 Å². The van der Waals surface area contributed by atoms with Gasteiger partial charge < -0.3 is 14.6 Å². The molecule has 202 valence electrons. The normalized spacial score (nSPS) is 15.4. The zero-order chi connectivity index (χ0) is 27.4. The SMILES string of the molecule is CC1CCCCN1C(=O)Cn1c(=O)n(Cc2ccco2)c(=O)c2ccc(C(=O)NCCc3ccccc3)cc21. The number of rotatable bonds is 8. The van der Waals surface area contributed by atoms with E-state index < -0.39 is 11.2 Å². The molecule has 0 radical (unpaired) electrons.